The lowest BCUT2D eigenvalue weighted by molar-refractivity contribution is -0.125. The number of anilines is 1. The summed E-state index contributed by atoms with van der Waals surface area (Å²) in [5.41, 5.74) is 4.43. The van der Waals surface area contributed by atoms with Gasteiger partial charge in [0.25, 0.3) is 5.91 Å². The first-order chi connectivity index (χ1) is 10.8. The topological polar surface area (TPSA) is 69.6 Å². The lowest BCUT2D eigenvalue weighted by Crippen LogP contribution is -2.19. The predicted octanol–water partition coefficient (Wildman–Crippen LogP) is 2.97. The second kappa shape index (κ2) is 8.29. The predicted molar refractivity (Wildman–Crippen MR) is 91.7 cm³/mol. The number of allylic oxidation sites excluding steroid dienone is 3. The zero-order chi connectivity index (χ0) is 17.6. The van der Waals surface area contributed by atoms with Gasteiger partial charge in [-0.15, -0.1) is 0 Å². The van der Waals surface area contributed by atoms with Gasteiger partial charge in [-0.05, 0) is 38.1 Å². The Balaban J connectivity index is 2.87. The second-order valence-electron chi connectivity index (χ2n) is 5.77. The van der Waals surface area contributed by atoms with Crippen molar-refractivity contribution >= 4 is 17.4 Å². The number of carbonyl (C=O) groups is 2. The molecule has 1 rings (SSSR count). The van der Waals surface area contributed by atoms with Crippen molar-refractivity contribution in [3.8, 4) is 0 Å². The Hall–Kier alpha value is -2.40. The van der Waals surface area contributed by atoms with Crippen molar-refractivity contribution < 1.29 is 14.8 Å². The third-order valence-corrected chi connectivity index (χ3v) is 3.50. The first kappa shape index (κ1) is 18.6. The fourth-order valence-corrected chi connectivity index (χ4v) is 2.20. The van der Waals surface area contributed by atoms with E-state index in [1.165, 1.54) is 0 Å². The summed E-state index contributed by atoms with van der Waals surface area (Å²) in [7, 11) is 3.89. The van der Waals surface area contributed by atoms with Crippen LogP contribution in [0.1, 0.15) is 31.1 Å². The molecule has 1 aromatic rings. The Labute approximate surface area is 137 Å². The lowest BCUT2D eigenvalue weighted by atomic mass is 9.96. The van der Waals surface area contributed by atoms with Crippen LogP contribution in [0, 0.1) is 5.92 Å². The summed E-state index contributed by atoms with van der Waals surface area (Å²) in [6.45, 7) is 5.23. The third-order valence-electron chi connectivity index (χ3n) is 3.50. The van der Waals surface area contributed by atoms with Crippen LogP contribution in [0.4, 0.5) is 5.69 Å². The zero-order valence-electron chi connectivity index (χ0n) is 14.3. The van der Waals surface area contributed by atoms with E-state index in [0.717, 1.165) is 11.3 Å². The van der Waals surface area contributed by atoms with E-state index in [0.29, 0.717) is 11.1 Å². The fraction of sp³-hybridized carbons (Fsp3) is 0.333. The molecule has 0 heterocycles. The average molecular weight is 316 g/mol. The number of ketones is 1. The number of hydroxylamine groups is 1. The highest BCUT2D eigenvalue weighted by molar-refractivity contribution is 5.99. The summed E-state index contributed by atoms with van der Waals surface area (Å²) in [5, 5.41) is 8.58. The summed E-state index contributed by atoms with van der Waals surface area (Å²) in [5.74, 6) is -0.843. The molecule has 0 bridgehead atoms. The molecule has 124 valence electrons. The Kier molecular flexibility index (Phi) is 6.72. The highest BCUT2D eigenvalue weighted by Gasteiger charge is 2.13. The normalized spacial score (nSPS) is 13.5. The summed E-state index contributed by atoms with van der Waals surface area (Å²) in [6, 6.07) is 7.45. The van der Waals surface area contributed by atoms with Crippen LogP contribution in [0.5, 0.6) is 0 Å². The quantitative estimate of drug-likeness (QED) is 0.278. The lowest BCUT2D eigenvalue weighted by Gasteiger charge is -2.13. The van der Waals surface area contributed by atoms with Crippen molar-refractivity contribution in [1.82, 2.24) is 5.48 Å². The fourth-order valence-electron chi connectivity index (χ4n) is 2.20. The van der Waals surface area contributed by atoms with Crippen molar-refractivity contribution in [2.75, 3.05) is 19.0 Å². The van der Waals surface area contributed by atoms with E-state index in [-0.39, 0.29) is 11.7 Å². The van der Waals surface area contributed by atoms with Crippen LogP contribution in [-0.2, 0) is 4.79 Å². The van der Waals surface area contributed by atoms with E-state index >= 15 is 0 Å². The molecular formula is C18H24N2O3. The first-order valence-electron chi connectivity index (χ1n) is 7.39. The molecule has 0 saturated carbocycles. The van der Waals surface area contributed by atoms with Crippen LogP contribution in [0.15, 0.2) is 47.6 Å². The van der Waals surface area contributed by atoms with Crippen LogP contribution in [0.25, 0.3) is 0 Å². The third kappa shape index (κ3) is 5.38. The molecule has 0 aliphatic heterocycles. The van der Waals surface area contributed by atoms with Crippen LogP contribution < -0.4 is 10.4 Å². The van der Waals surface area contributed by atoms with Gasteiger partial charge in [-0.2, -0.15) is 0 Å². The highest BCUT2D eigenvalue weighted by atomic mass is 16.5. The van der Waals surface area contributed by atoms with Gasteiger partial charge >= 0.3 is 0 Å². The van der Waals surface area contributed by atoms with Gasteiger partial charge in [0.2, 0.25) is 0 Å². The first-order valence-corrected chi connectivity index (χ1v) is 7.39. The molecule has 1 atom stereocenters. The van der Waals surface area contributed by atoms with Crippen molar-refractivity contribution in [2.45, 2.75) is 20.8 Å². The van der Waals surface area contributed by atoms with Crippen LogP contribution in [-0.4, -0.2) is 31.0 Å². The number of benzene rings is 1. The van der Waals surface area contributed by atoms with Crippen LogP contribution in [0.3, 0.4) is 0 Å². The monoisotopic (exact) mass is 316 g/mol. The van der Waals surface area contributed by atoms with Crippen molar-refractivity contribution in [3.05, 3.63) is 53.1 Å². The summed E-state index contributed by atoms with van der Waals surface area (Å²) in [4.78, 5) is 25.7. The SMILES string of the molecule is CC(=C\C(C)C(=O)c1ccc(N(C)C)cc1)/C=C(\C)C(=O)NO. The van der Waals surface area contributed by atoms with Gasteiger partial charge in [-0.25, -0.2) is 5.48 Å². The molecule has 1 unspecified atom stereocenters. The molecule has 0 aliphatic carbocycles. The highest BCUT2D eigenvalue weighted by Crippen LogP contribution is 2.17. The minimum absolute atomic E-state index is 0.0207. The van der Waals surface area contributed by atoms with Gasteiger partial charge in [0, 0.05) is 36.8 Å². The average Bonchev–Trinajstić information content (AvgIpc) is 2.52. The van der Waals surface area contributed by atoms with Gasteiger partial charge in [0.15, 0.2) is 5.78 Å². The standard InChI is InChI=1S/C18H24N2O3/c1-12(11-14(3)18(22)19-23)10-13(2)17(21)15-6-8-16(9-7-15)20(4)5/h6-11,13,23H,1-5H3,(H,19,22)/b12-10+,14-11+. The number of amides is 1. The van der Waals surface area contributed by atoms with Crippen LogP contribution in [0.2, 0.25) is 0 Å². The molecule has 0 fully saturated rings. The number of nitrogens with zero attached hydrogens (tertiary/aromatic N) is 1. The Bertz CT molecular complexity index is 628. The van der Waals surface area contributed by atoms with E-state index in [9.17, 15) is 9.59 Å². The van der Waals surface area contributed by atoms with Gasteiger partial charge in [0.05, 0.1) is 0 Å². The van der Waals surface area contributed by atoms with E-state index < -0.39 is 5.91 Å². The van der Waals surface area contributed by atoms with Gasteiger partial charge in [-0.3, -0.25) is 14.8 Å². The number of hydrogen-bond acceptors (Lipinski definition) is 4. The summed E-state index contributed by atoms with van der Waals surface area (Å²) in [6.07, 6.45) is 3.43. The van der Waals surface area contributed by atoms with Crippen molar-refractivity contribution in [2.24, 2.45) is 5.92 Å². The number of rotatable bonds is 6. The maximum atomic E-state index is 12.4. The largest absolute Gasteiger partial charge is 0.378 e. The van der Waals surface area contributed by atoms with E-state index in [1.807, 2.05) is 57.1 Å². The molecule has 2 N–H and O–H groups in total. The maximum absolute atomic E-state index is 12.4. The van der Waals surface area contributed by atoms with Crippen LogP contribution >= 0.6 is 0 Å². The number of nitrogens with one attached hydrogen (secondary N) is 1. The molecule has 1 aromatic carbocycles. The molecule has 5 nitrogen and oxygen atoms in total. The summed E-state index contributed by atoms with van der Waals surface area (Å²) >= 11 is 0. The van der Waals surface area contributed by atoms with Gasteiger partial charge < -0.3 is 4.90 Å². The molecule has 0 radical (unpaired) electrons. The Morgan fingerprint density at radius 3 is 2.22 bits per heavy atom. The van der Waals surface area contributed by atoms with Crippen molar-refractivity contribution in [3.63, 3.8) is 0 Å². The smallest absolute Gasteiger partial charge is 0.270 e. The molecule has 0 aromatic heterocycles. The molecule has 5 heteroatoms. The molecule has 0 aliphatic rings. The van der Waals surface area contributed by atoms with E-state index in [2.05, 4.69) is 0 Å². The summed E-state index contributed by atoms with van der Waals surface area (Å²) < 4.78 is 0. The maximum Gasteiger partial charge on any atom is 0.270 e. The minimum Gasteiger partial charge on any atom is -0.378 e. The molecule has 0 saturated heterocycles. The second-order valence-corrected chi connectivity index (χ2v) is 5.77. The number of Topliss-reactive ketones (excluding diaryl/α,β-unsaturated/α-hetero) is 1. The molecule has 23 heavy (non-hydrogen) atoms. The number of carbonyl (C=O) groups excluding carboxylic acids is 2. The molecule has 1 amide bonds. The minimum atomic E-state index is -0.559. The zero-order valence-corrected chi connectivity index (χ0v) is 14.3. The van der Waals surface area contributed by atoms with Crippen molar-refractivity contribution in [1.29, 1.82) is 0 Å². The van der Waals surface area contributed by atoms with Gasteiger partial charge in [0.1, 0.15) is 0 Å². The molecule has 0 spiro atoms. The van der Waals surface area contributed by atoms with E-state index in [1.54, 1.807) is 24.6 Å². The van der Waals surface area contributed by atoms with Gasteiger partial charge in [-0.1, -0.05) is 24.6 Å². The Morgan fingerprint density at radius 2 is 1.74 bits per heavy atom. The number of hydrogen-bond donors (Lipinski definition) is 2. The molecular weight excluding hydrogens is 292 g/mol. The Morgan fingerprint density at radius 1 is 1.17 bits per heavy atom. The van der Waals surface area contributed by atoms with E-state index in [4.69, 9.17) is 5.21 Å².